The molecule has 0 aliphatic carbocycles. The van der Waals surface area contributed by atoms with Crippen LogP contribution in [0.5, 0.6) is 0 Å². The van der Waals surface area contributed by atoms with Gasteiger partial charge in [0.05, 0.1) is 0 Å². The van der Waals surface area contributed by atoms with Crippen LogP contribution in [0, 0.1) is 0 Å². The minimum absolute atomic E-state index is 0.243. The smallest absolute Gasteiger partial charge is 0.303 e. The van der Waals surface area contributed by atoms with Crippen LogP contribution in [0.1, 0.15) is 37.7 Å². The number of benzene rings is 1. The number of hydrogen-bond donors (Lipinski definition) is 1. The topological polar surface area (TPSA) is 40.5 Å². The standard InChI is InChI=1S/C15H19BrClNO2/c16-12-4-6-14(17)11(9-12)10-18-8-2-1-3-13(18)5-7-15(19)20/h4,6,9,13H,1-3,5,7-8,10H2,(H,19,20). The summed E-state index contributed by atoms with van der Waals surface area (Å²) in [5.41, 5.74) is 1.10. The van der Waals surface area contributed by atoms with E-state index in [2.05, 4.69) is 20.8 Å². The van der Waals surface area contributed by atoms with Crippen molar-refractivity contribution >= 4 is 33.5 Å². The molecule has 5 heteroatoms. The SMILES string of the molecule is O=C(O)CCC1CCCCN1Cc1cc(Br)ccc1Cl. The fourth-order valence-electron chi connectivity index (χ4n) is 2.77. The second-order valence-electron chi connectivity index (χ2n) is 5.29. The zero-order valence-electron chi connectivity index (χ0n) is 11.3. The summed E-state index contributed by atoms with van der Waals surface area (Å²) in [7, 11) is 0. The number of nitrogens with zero attached hydrogens (tertiary/aromatic N) is 1. The molecule has 110 valence electrons. The van der Waals surface area contributed by atoms with E-state index >= 15 is 0 Å². The Hall–Kier alpha value is -0.580. The molecular weight excluding hydrogens is 342 g/mol. The van der Waals surface area contributed by atoms with Crippen molar-refractivity contribution in [3.8, 4) is 0 Å². The molecule has 2 rings (SSSR count). The number of carboxylic acids is 1. The van der Waals surface area contributed by atoms with Gasteiger partial charge in [-0.3, -0.25) is 9.69 Å². The lowest BCUT2D eigenvalue weighted by Crippen LogP contribution is -2.39. The van der Waals surface area contributed by atoms with Gasteiger partial charge < -0.3 is 5.11 Å². The fraction of sp³-hybridized carbons (Fsp3) is 0.533. The average molecular weight is 361 g/mol. The summed E-state index contributed by atoms with van der Waals surface area (Å²) in [5.74, 6) is -0.712. The Kier molecular flexibility index (Phi) is 5.87. The highest BCUT2D eigenvalue weighted by Crippen LogP contribution is 2.27. The number of carboxylic acid groups (broad SMARTS) is 1. The van der Waals surface area contributed by atoms with Gasteiger partial charge in [-0.2, -0.15) is 0 Å². The maximum atomic E-state index is 10.8. The third-order valence-electron chi connectivity index (χ3n) is 3.82. The minimum atomic E-state index is -0.712. The predicted molar refractivity (Wildman–Crippen MR) is 84.1 cm³/mol. The van der Waals surface area contributed by atoms with Crippen molar-refractivity contribution in [3.63, 3.8) is 0 Å². The molecule has 1 fully saturated rings. The quantitative estimate of drug-likeness (QED) is 0.850. The average Bonchev–Trinajstić information content (AvgIpc) is 2.42. The van der Waals surface area contributed by atoms with Crippen molar-refractivity contribution in [1.82, 2.24) is 4.90 Å². The number of aliphatic carboxylic acids is 1. The Bertz CT molecular complexity index is 481. The second-order valence-corrected chi connectivity index (χ2v) is 6.61. The van der Waals surface area contributed by atoms with Crippen LogP contribution < -0.4 is 0 Å². The second kappa shape index (κ2) is 7.43. The molecule has 1 unspecified atom stereocenters. The molecule has 0 saturated carbocycles. The van der Waals surface area contributed by atoms with Crippen LogP contribution in [-0.2, 0) is 11.3 Å². The monoisotopic (exact) mass is 359 g/mol. The molecule has 1 atom stereocenters. The van der Waals surface area contributed by atoms with Crippen LogP contribution in [-0.4, -0.2) is 28.6 Å². The molecule has 0 aromatic heterocycles. The highest BCUT2D eigenvalue weighted by Gasteiger charge is 2.23. The van der Waals surface area contributed by atoms with Crippen molar-refractivity contribution in [2.24, 2.45) is 0 Å². The lowest BCUT2D eigenvalue weighted by molar-refractivity contribution is -0.137. The van der Waals surface area contributed by atoms with Crippen molar-refractivity contribution in [2.75, 3.05) is 6.54 Å². The van der Waals surface area contributed by atoms with Gasteiger partial charge in [-0.05, 0) is 49.6 Å². The van der Waals surface area contributed by atoms with E-state index in [1.54, 1.807) is 0 Å². The lowest BCUT2D eigenvalue weighted by Gasteiger charge is -2.35. The van der Waals surface area contributed by atoms with E-state index in [0.29, 0.717) is 6.04 Å². The van der Waals surface area contributed by atoms with E-state index in [4.69, 9.17) is 16.7 Å². The molecule has 1 aromatic rings. The van der Waals surface area contributed by atoms with Crippen LogP contribution in [0.25, 0.3) is 0 Å². The van der Waals surface area contributed by atoms with Crippen molar-refractivity contribution in [3.05, 3.63) is 33.3 Å². The largest absolute Gasteiger partial charge is 0.481 e. The highest BCUT2D eigenvalue weighted by atomic mass is 79.9. The first-order valence-electron chi connectivity index (χ1n) is 6.96. The van der Waals surface area contributed by atoms with Gasteiger partial charge in [0, 0.05) is 28.5 Å². The number of piperidine rings is 1. The first kappa shape index (κ1) is 15.8. The third kappa shape index (κ3) is 4.47. The van der Waals surface area contributed by atoms with E-state index in [9.17, 15) is 4.79 Å². The molecule has 1 aliphatic heterocycles. The van der Waals surface area contributed by atoms with Crippen molar-refractivity contribution in [2.45, 2.75) is 44.7 Å². The molecule has 0 amide bonds. The summed E-state index contributed by atoms with van der Waals surface area (Å²) < 4.78 is 1.02. The Morgan fingerprint density at radius 3 is 3.00 bits per heavy atom. The Balaban J connectivity index is 2.04. The van der Waals surface area contributed by atoms with E-state index in [-0.39, 0.29) is 6.42 Å². The summed E-state index contributed by atoms with van der Waals surface area (Å²) in [6, 6.07) is 6.24. The zero-order chi connectivity index (χ0) is 14.5. The van der Waals surface area contributed by atoms with Crippen molar-refractivity contribution < 1.29 is 9.90 Å². The first-order chi connectivity index (χ1) is 9.56. The zero-order valence-corrected chi connectivity index (χ0v) is 13.7. The fourth-order valence-corrected chi connectivity index (χ4v) is 3.35. The summed E-state index contributed by atoms with van der Waals surface area (Å²) in [6.45, 7) is 1.82. The molecule has 20 heavy (non-hydrogen) atoms. The van der Waals surface area contributed by atoms with E-state index in [1.165, 1.54) is 12.8 Å². The minimum Gasteiger partial charge on any atom is -0.481 e. The number of rotatable bonds is 5. The summed E-state index contributed by atoms with van der Waals surface area (Å²) in [5, 5.41) is 9.63. The Morgan fingerprint density at radius 1 is 1.45 bits per heavy atom. The summed E-state index contributed by atoms with van der Waals surface area (Å²) in [6.07, 6.45) is 4.41. The maximum absolute atomic E-state index is 10.8. The van der Waals surface area contributed by atoms with E-state index in [1.807, 2.05) is 18.2 Å². The van der Waals surface area contributed by atoms with Crippen LogP contribution in [0.15, 0.2) is 22.7 Å². The van der Waals surface area contributed by atoms with E-state index in [0.717, 1.165) is 41.0 Å². The van der Waals surface area contributed by atoms with Gasteiger partial charge in [0.25, 0.3) is 0 Å². The molecule has 3 nitrogen and oxygen atoms in total. The third-order valence-corrected chi connectivity index (χ3v) is 4.68. The maximum Gasteiger partial charge on any atom is 0.303 e. The Morgan fingerprint density at radius 2 is 2.25 bits per heavy atom. The van der Waals surface area contributed by atoms with Gasteiger partial charge in [-0.25, -0.2) is 0 Å². The van der Waals surface area contributed by atoms with Crippen LogP contribution in [0.2, 0.25) is 5.02 Å². The van der Waals surface area contributed by atoms with E-state index < -0.39 is 5.97 Å². The molecule has 1 saturated heterocycles. The molecule has 0 radical (unpaired) electrons. The number of likely N-dealkylation sites (tertiary alicyclic amines) is 1. The molecule has 0 bridgehead atoms. The number of carbonyl (C=O) groups is 1. The van der Waals surface area contributed by atoms with Gasteiger partial charge in [-0.1, -0.05) is 34.0 Å². The molecule has 1 aliphatic rings. The lowest BCUT2D eigenvalue weighted by atomic mass is 9.97. The number of halogens is 2. The highest BCUT2D eigenvalue weighted by molar-refractivity contribution is 9.10. The first-order valence-corrected chi connectivity index (χ1v) is 8.13. The Labute approximate surface area is 133 Å². The van der Waals surface area contributed by atoms with Gasteiger partial charge in [0.15, 0.2) is 0 Å². The van der Waals surface area contributed by atoms with Crippen LogP contribution >= 0.6 is 27.5 Å². The van der Waals surface area contributed by atoms with Crippen molar-refractivity contribution in [1.29, 1.82) is 0 Å². The molecule has 1 aromatic carbocycles. The molecule has 1 N–H and O–H groups in total. The van der Waals surface area contributed by atoms with Crippen LogP contribution in [0.4, 0.5) is 0 Å². The number of hydrogen-bond acceptors (Lipinski definition) is 2. The van der Waals surface area contributed by atoms with Crippen LogP contribution in [0.3, 0.4) is 0 Å². The predicted octanol–water partition coefficient (Wildman–Crippen LogP) is 4.32. The summed E-state index contributed by atoms with van der Waals surface area (Å²) in [4.78, 5) is 13.1. The summed E-state index contributed by atoms with van der Waals surface area (Å²) >= 11 is 9.72. The molecule has 1 heterocycles. The van der Waals surface area contributed by atoms with Gasteiger partial charge in [0.1, 0.15) is 0 Å². The van der Waals surface area contributed by atoms with Gasteiger partial charge >= 0.3 is 5.97 Å². The van der Waals surface area contributed by atoms with Gasteiger partial charge in [-0.15, -0.1) is 0 Å². The molecule has 0 spiro atoms. The molecular formula is C15H19BrClNO2. The normalized spacial score (nSPS) is 20.0. The van der Waals surface area contributed by atoms with Gasteiger partial charge in [0.2, 0.25) is 0 Å².